The largest absolute Gasteiger partial charge is 0.354 e. The van der Waals surface area contributed by atoms with Crippen LogP contribution in [0.25, 0.3) is 0 Å². The molecule has 0 bridgehead atoms. The number of ether oxygens (including phenoxy) is 2. The highest BCUT2D eigenvalue weighted by Crippen LogP contribution is 2.06. The lowest BCUT2D eigenvalue weighted by Gasteiger charge is -2.13. The Balaban J connectivity index is 2.52. The normalized spacial score (nSPS) is 10.5. The second kappa shape index (κ2) is 6.42. The summed E-state index contributed by atoms with van der Waals surface area (Å²) in [6, 6.07) is 3.07. The predicted molar refractivity (Wildman–Crippen MR) is 59.4 cm³/mol. The molecule has 1 aromatic rings. The zero-order valence-electron chi connectivity index (χ0n) is 9.07. The van der Waals surface area contributed by atoms with Crippen molar-refractivity contribution in [3.63, 3.8) is 0 Å². The second-order valence-electron chi connectivity index (χ2n) is 2.98. The summed E-state index contributed by atoms with van der Waals surface area (Å²) in [5.41, 5.74) is 0.450. The minimum Gasteiger partial charge on any atom is -0.354 e. The topological polar surface area (TPSA) is 60.5 Å². The van der Waals surface area contributed by atoms with E-state index in [1.165, 1.54) is 26.5 Å². The average Bonchev–Trinajstić information content (AvgIpc) is 2.30. The number of amides is 1. The smallest absolute Gasteiger partial charge is 0.251 e. The molecule has 1 amide bonds. The molecule has 1 heterocycles. The average molecular weight is 245 g/mol. The van der Waals surface area contributed by atoms with Crippen molar-refractivity contribution in [1.29, 1.82) is 0 Å². The van der Waals surface area contributed by atoms with Crippen molar-refractivity contribution in [3.8, 4) is 0 Å². The van der Waals surface area contributed by atoms with Crippen molar-refractivity contribution >= 4 is 17.5 Å². The van der Waals surface area contributed by atoms with E-state index in [1.54, 1.807) is 6.07 Å². The minimum atomic E-state index is -0.457. The summed E-state index contributed by atoms with van der Waals surface area (Å²) in [6.07, 6.45) is 1.02. The molecule has 0 saturated carbocycles. The Kier molecular flexibility index (Phi) is 5.18. The van der Waals surface area contributed by atoms with Gasteiger partial charge in [-0.25, -0.2) is 4.98 Å². The van der Waals surface area contributed by atoms with E-state index >= 15 is 0 Å². The number of carbonyl (C=O) groups is 1. The summed E-state index contributed by atoms with van der Waals surface area (Å²) >= 11 is 5.67. The number of pyridine rings is 1. The van der Waals surface area contributed by atoms with Gasteiger partial charge in [-0.2, -0.15) is 0 Å². The monoisotopic (exact) mass is 244 g/mol. The van der Waals surface area contributed by atoms with Crippen LogP contribution in [0, 0.1) is 0 Å². The van der Waals surface area contributed by atoms with Gasteiger partial charge in [0, 0.05) is 26.0 Å². The van der Waals surface area contributed by atoms with Crippen LogP contribution in [0.2, 0.25) is 5.15 Å². The van der Waals surface area contributed by atoms with Crippen LogP contribution in [0.5, 0.6) is 0 Å². The summed E-state index contributed by atoms with van der Waals surface area (Å²) in [5.74, 6) is -0.247. The lowest BCUT2D eigenvalue weighted by molar-refractivity contribution is -0.0974. The van der Waals surface area contributed by atoms with Crippen molar-refractivity contribution in [1.82, 2.24) is 10.3 Å². The van der Waals surface area contributed by atoms with Crippen molar-refractivity contribution in [2.24, 2.45) is 0 Å². The van der Waals surface area contributed by atoms with E-state index in [2.05, 4.69) is 10.3 Å². The number of halogens is 1. The first kappa shape index (κ1) is 12.9. The minimum absolute atomic E-state index is 0.247. The lowest BCUT2D eigenvalue weighted by atomic mass is 10.2. The highest BCUT2D eigenvalue weighted by molar-refractivity contribution is 6.29. The highest BCUT2D eigenvalue weighted by Gasteiger charge is 2.09. The van der Waals surface area contributed by atoms with Gasteiger partial charge in [0.1, 0.15) is 5.15 Å². The second-order valence-corrected chi connectivity index (χ2v) is 3.37. The van der Waals surface area contributed by atoms with E-state index in [-0.39, 0.29) is 17.6 Å². The van der Waals surface area contributed by atoms with Crippen molar-refractivity contribution < 1.29 is 14.3 Å². The molecule has 0 aliphatic rings. The third-order valence-electron chi connectivity index (χ3n) is 1.94. The number of methoxy groups -OCH3 is 2. The third-order valence-corrected chi connectivity index (χ3v) is 2.15. The van der Waals surface area contributed by atoms with E-state index in [0.29, 0.717) is 5.56 Å². The highest BCUT2D eigenvalue weighted by atomic mass is 35.5. The molecule has 6 heteroatoms. The summed E-state index contributed by atoms with van der Waals surface area (Å²) in [6.45, 7) is 0.270. The van der Waals surface area contributed by atoms with E-state index in [0.717, 1.165) is 0 Å². The Morgan fingerprint density at radius 2 is 2.25 bits per heavy atom. The molecule has 5 nitrogen and oxygen atoms in total. The number of rotatable bonds is 5. The lowest BCUT2D eigenvalue weighted by Crippen LogP contribution is -2.34. The molecule has 0 saturated heterocycles. The van der Waals surface area contributed by atoms with Gasteiger partial charge in [0.2, 0.25) is 0 Å². The molecule has 16 heavy (non-hydrogen) atoms. The molecule has 0 aliphatic carbocycles. The number of aromatic nitrogens is 1. The van der Waals surface area contributed by atoms with Crippen molar-refractivity contribution in [2.75, 3.05) is 20.8 Å². The molecule has 0 aliphatic heterocycles. The zero-order chi connectivity index (χ0) is 12.0. The molecule has 0 unspecified atom stereocenters. The van der Waals surface area contributed by atoms with E-state index in [9.17, 15) is 4.79 Å². The predicted octanol–water partition coefficient (Wildman–Crippen LogP) is 1.08. The van der Waals surface area contributed by atoms with Crippen molar-refractivity contribution in [3.05, 3.63) is 29.0 Å². The first-order valence-electron chi connectivity index (χ1n) is 4.62. The van der Waals surface area contributed by atoms with Gasteiger partial charge in [0.15, 0.2) is 6.29 Å². The van der Waals surface area contributed by atoms with Crippen LogP contribution in [0.1, 0.15) is 10.4 Å². The van der Waals surface area contributed by atoms with Gasteiger partial charge in [0.05, 0.1) is 6.54 Å². The number of nitrogens with one attached hydrogen (secondary N) is 1. The van der Waals surface area contributed by atoms with Gasteiger partial charge < -0.3 is 14.8 Å². The Labute approximate surface area is 98.7 Å². The fourth-order valence-corrected chi connectivity index (χ4v) is 1.26. The van der Waals surface area contributed by atoms with E-state index < -0.39 is 6.29 Å². The maximum atomic E-state index is 11.6. The van der Waals surface area contributed by atoms with Crippen LogP contribution in [0.4, 0.5) is 0 Å². The fourth-order valence-electron chi connectivity index (χ4n) is 1.08. The number of hydrogen-bond donors (Lipinski definition) is 1. The van der Waals surface area contributed by atoms with Gasteiger partial charge >= 0.3 is 0 Å². The van der Waals surface area contributed by atoms with Gasteiger partial charge in [-0.3, -0.25) is 4.79 Å². The van der Waals surface area contributed by atoms with Gasteiger partial charge in [-0.1, -0.05) is 11.6 Å². The quantitative estimate of drug-likeness (QED) is 0.622. The summed E-state index contributed by atoms with van der Waals surface area (Å²) < 4.78 is 9.87. The van der Waals surface area contributed by atoms with E-state index in [4.69, 9.17) is 21.1 Å². The molecule has 0 aromatic carbocycles. The molecule has 1 N–H and O–H groups in total. The summed E-state index contributed by atoms with van der Waals surface area (Å²) in [7, 11) is 3.01. The first-order chi connectivity index (χ1) is 7.67. The molecule has 0 spiro atoms. The number of nitrogens with zero attached hydrogens (tertiary/aromatic N) is 1. The number of hydrogen-bond acceptors (Lipinski definition) is 4. The fraction of sp³-hybridized carbons (Fsp3) is 0.400. The Bertz CT molecular complexity index is 356. The van der Waals surface area contributed by atoms with Crippen LogP contribution in [0.3, 0.4) is 0 Å². The third kappa shape index (κ3) is 3.77. The molecular formula is C10H13ClN2O3. The zero-order valence-corrected chi connectivity index (χ0v) is 9.82. The maximum Gasteiger partial charge on any atom is 0.251 e. The molecule has 0 atom stereocenters. The molecule has 1 aromatic heterocycles. The van der Waals surface area contributed by atoms with Crippen molar-refractivity contribution in [2.45, 2.75) is 6.29 Å². The summed E-state index contributed by atoms with van der Waals surface area (Å²) in [4.78, 5) is 15.4. The van der Waals surface area contributed by atoms with Gasteiger partial charge in [-0.15, -0.1) is 0 Å². The Morgan fingerprint density at radius 3 is 2.81 bits per heavy atom. The molecular weight excluding hydrogens is 232 g/mol. The Hall–Kier alpha value is -1.17. The van der Waals surface area contributed by atoms with E-state index in [1.807, 2.05) is 0 Å². The van der Waals surface area contributed by atoms with Crippen LogP contribution >= 0.6 is 11.6 Å². The van der Waals surface area contributed by atoms with Crippen LogP contribution < -0.4 is 5.32 Å². The SMILES string of the molecule is COC(CNC(=O)c1ccnc(Cl)c1)OC. The standard InChI is InChI=1S/C10H13ClN2O3/c1-15-9(16-2)6-13-10(14)7-3-4-12-8(11)5-7/h3-5,9H,6H2,1-2H3,(H,13,14). The van der Waals surface area contributed by atoms with Crippen LogP contribution in [0.15, 0.2) is 18.3 Å². The molecule has 1 rings (SSSR count). The Morgan fingerprint density at radius 1 is 1.56 bits per heavy atom. The molecule has 0 radical (unpaired) electrons. The van der Waals surface area contributed by atoms with Gasteiger partial charge in [-0.05, 0) is 12.1 Å². The molecule has 88 valence electrons. The van der Waals surface area contributed by atoms with Crippen LogP contribution in [-0.4, -0.2) is 37.9 Å². The number of carbonyl (C=O) groups excluding carboxylic acids is 1. The van der Waals surface area contributed by atoms with Gasteiger partial charge in [0.25, 0.3) is 5.91 Å². The first-order valence-corrected chi connectivity index (χ1v) is 5.00. The van der Waals surface area contributed by atoms with Crippen LogP contribution in [-0.2, 0) is 9.47 Å². The maximum absolute atomic E-state index is 11.6. The molecule has 0 fully saturated rings. The summed E-state index contributed by atoms with van der Waals surface area (Å²) in [5, 5.41) is 2.93.